The molecule has 19 heavy (non-hydrogen) atoms. The first-order valence-corrected chi connectivity index (χ1v) is 7.21. The standard InChI is InChI=1S/C15H28N2O2/c1-5-13(3)17(7-8-18-4)11-15-9-14(12-19-15)10-16-6-2/h9,12-13,16H,5-8,10-11H2,1-4H3. The summed E-state index contributed by atoms with van der Waals surface area (Å²) in [5.74, 6) is 1.03. The van der Waals surface area contributed by atoms with E-state index < -0.39 is 0 Å². The average molecular weight is 268 g/mol. The predicted octanol–water partition coefficient (Wildman–Crippen LogP) is 2.64. The third-order valence-corrected chi connectivity index (χ3v) is 3.44. The van der Waals surface area contributed by atoms with Gasteiger partial charge >= 0.3 is 0 Å². The molecule has 1 rings (SSSR count). The van der Waals surface area contributed by atoms with Gasteiger partial charge in [0.15, 0.2) is 0 Å². The van der Waals surface area contributed by atoms with Gasteiger partial charge in [0.05, 0.1) is 19.4 Å². The number of hydrogen-bond donors (Lipinski definition) is 1. The monoisotopic (exact) mass is 268 g/mol. The van der Waals surface area contributed by atoms with Crippen molar-refractivity contribution in [3.05, 3.63) is 23.7 Å². The summed E-state index contributed by atoms with van der Waals surface area (Å²) >= 11 is 0. The van der Waals surface area contributed by atoms with Gasteiger partial charge < -0.3 is 14.5 Å². The number of rotatable bonds is 10. The predicted molar refractivity (Wildman–Crippen MR) is 78.1 cm³/mol. The summed E-state index contributed by atoms with van der Waals surface area (Å²) in [4.78, 5) is 2.40. The van der Waals surface area contributed by atoms with Crippen LogP contribution in [0, 0.1) is 0 Å². The van der Waals surface area contributed by atoms with Crippen molar-refractivity contribution in [2.45, 2.75) is 46.3 Å². The van der Waals surface area contributed by atoms with E-state index in [0.717, 1.165) is 45.0 Å². The summed E-state index contributed by atoms with van der Waals surface area (Å²) in [6.07, 6.45) is 2.98. The molecule has 0 fully saturated rings. The third-order valence-electron chi connectivity index (χ3n) is 3.44. The van der Waals surface area contributed by atoms with Gasteiger partial charge in [-0.1, -0.05) is 13.8 Å². The van der Waals surface area contributed by atoms with Crippen molar-refractivity contribution in [1.82, 2.24) is 10.2 Å². The molecule has 0 spiro atoms. The number of nitrogens with zero attached hydrogens (tertiary/aromatic N) is 1. The van der Waals surface area contributed by atoms with Crippen LogP contribution in [0.2, 0.25) is 0 Å². The molecule has 0 aliphatic heterocycles. The van der Waals surface area contributed by atoms with Crippen molar-refractivity contribution in [3.8, 4) is 0 Å². The smallest absolute Gasteiger partial charge is 0.118 e. The van der Waals surface area contributed by atoms with E-state index in [2.05, 4.69) is 37.1 Å². The highest BCUT2D eigenvalue weighted by Gasteiger charge is 2.14. The Labute approximate surface area is 117 Å². The normalized spacial score (nSPS) is 13.1. The maximum atomic E-state index is 5.64. The molecule has 0 aliphatic rings. The lowest BCUT2D eigenvalue weighted by Crippen LogP contribution is -2.34. The molecular weight excluding hydrogens is 240 g/mol. The lowest BCUT2D eigenvalue weighted by Gasteiger charge is -2.27. The minimum atomic E-state index is 0.539. The summed E-state index contributed by atoms with van der Waals surface area (Å²) in [6, 6.07) is 2.68. The van der Waals surface area contributed by atoms with E-state index in [9.17, 15) is 0 Å². The van der Waals surface area contributed by atoms with Crippen LogP contribution in [0.25, 0.3) is 0 Å². The van der Waals surface area contributed by atoms with Gasteiger partial charge in [0.1, 0.15) is 5.76 Å². The Hall–Kier alpha value is -0.840. The Bertz CT molecular complexity index is 339. The summed E-state index contributed by atoms with van der Waals surface area (Å²) in [7, 11) is 1.75. The zero-order chi connectivity index (χ0) is 14.1. The number of furan rings is 1. The highest BCUT2D eigenvalue weighted by Crippen LogP contribution is 2.13. The third kappa shape index (κ3) is 5.76. The summed E-state index contributed by atoms with van der Waals surface area (Å²) in [5.41, 5.74) is 1.22. The Morgan fingerprint density at radius 1 is 1.42 bits per heavy atom. The lowest BCUT2D eigenvalue weighted by atomic mass is 10.2. The van der Waals surface area contributed by atoms with Crippen LogP contribution in [0.15, 0.2) is 16.7 Å². The molecule has 1 atom stereocenters. The Morgan fingerprint density at radius 2 is 2.21 bits per heavy atom. The zero-order valence-corrected chi connectivity index (χ0v) is 12.7. The summed E-state index contributed by atoms with van der Waals surface area (Å²) in [5, 5.41) is 3.31. The second-order valence-electron chi connectivity index (χ2n) is 4.92. The van der Waals surface area contributed by atoms with Crippen LogP contribution in [0.4, 0.5) is 0 Å². The van der Waals surface area contributed by atoms with E-state index >= 15 is 0 Å². The molecule has 1 aromatic rings. The van der Waals surface area contributed by atoms with Crippen molar-refractivity contribution in [3.63, 3.8) is 0 Å². The molecule has 4 heteroatoms. The first-order valence-electron chi connectivity index (χ1n) is 7.21. The molecule has 0 radical (unpaired) electrons. The van der Waals surface area contributed by atoms with Crippen LogP contribution in [0.5, 0.6) is 0 Å². The van der Waals surface area contributed by atoms with E-state index in [0.29, 0.717) is 6.04 Å². The van der Waals surface area contributed by atoms with Gasteiger partial charge in [0, 0.05) is 31.8 Å². The fraction of sp³-hybridized carbons (Fsp3) is 0.733. The molecule has 1 unspecified atom stereocenters. The van der Waals surface area contributed by atoms with E-state index in [-0.39, 0.29) is 0 Å². The maximum absolute atomic E-state index is 5.64. The number of methoxy groups -OCH3 is 1. The van der Waals surface area contributed by atoms with Gasteiger partial charge in [-0.15, -0.1) is 0 Å². The van der Waals surface area contributed by atoms with Crippen molar-refractivity contribution >= 4 is 0 Å². The molecule has 1 N–H and O–H groups in total. The van der Waals surface area contributed by atoms with Crippen LogP contribution in [-0.2, 0) is 17.8 Å². The molecule has 0 bridgehead atoms. The highest BCUT2D eigenvalue weighted by atomic mass is 16.5. The lowest BCUT2D eigenvalue weighted by molar-refractivity contribution is 0.112. The Balaban J connectivity index is 2.54. The largest absolute Gasteiger partial charge is 0.468 e. The second-order valence-corrected chi connectivity index (χ2v) is 4.92. The SMILES string of the molecule is CCNCc1coc(CN(CCOC)C(C)CC)c1. The van der Waals surface area contributed by atoms with Crippen LogP contribution in [0.1, 0.15) is 38.5 Å². The molecule has 0 amide bonds. The number of ether oxygens (including phenoxy) is 1. The van der Waals surface area contributed by atoms with Crippen LogP contribution in [0.3, 0.4) is 0 Å². The van der Waals surface area contributed by atoms with Gasteiger partial charge in [-0.05, 0) is 26.0 Å². The van der Waals surface area contributed by atoms with E-state index in [1.54, 1.807) is 7.11 Å². The van der Waals surface area contributed by atoms with Crippen molar-refractivity contribution in [1.29, 1.82) is 0 Å². The summed E-state index contributed by atoms with van der Waals surface area (Å²) in [6.45, 7) is 11.0. The molecule has 0 aromatic carbocycles. The number of hydrogen-bond acceptors (Lipinski definition) is 4. The van der Waals surface area contributed by atoms with Gasteiger partial charge in [-0.25, -0.2) is 0 Å². The number of nitrogens with one attached hydrogen (secondary N) is 1. The first kappa shape index (κ1) is 16.2. The molecule has 110 valence electrons. The fourth-order valence-corrected chi connectivity index (χ4v) is 1.99. The van der Waals surface area contributed by atoms with E-state index in [4.69, 9.17) is 9.15 Å². The molecule has 1 heterocycles. The minimum absolute atomic E-state index is 0.539. The molecule has 0 saturated heterocycles. The molecule has 4 nitrogen and oxygen atoms in total. The van der Waals surface area contributed by atoms with Gasteiger partial charge in [-0.3, -0.25) is 4.90 Å². The van der Waals surface area contributed by atoms with Crippen LogP contribution in [-0.4, -0.2) is 37.7 Å². The van der Waals surface area contributed by atoms with Gasteiger partial charge in [0.25, 0.3) is 0 Å². The average Bonchev–Trinajstić information content (AvgIpc) is 2.87. The Morgan fingerprint density at radius 3 is 2.84 bits per heavy atom. The van der Waals surface area contributed by atoms with E-state index in [1.807, 2.05) is 6.26 Å². The maximum Gasteiger partial charge on any atom is 0.118 e. The van der Waals surface area contributed by atoms with Gasteiger partial charge in [-0.2, -0.15) is 0 Å². The topological polar surface area (TPSA) is 37.6 Å². The molecule has 1 aromatic heterocycles. The molecule has 0 aliphatic carbocycles. The van der Waals surface area contributed by atoms with E-state index in [1.165, 1.54) is 5.56 Å². The molecular formula is C15H28N2O2. The van der Waals surface area contributed by atoms with Crippen LogP contribution < -0.4 is 5.32 Å². The molecule has 0 saturated carbocycles. The van der Waals surface area contributed by atoms with Crippen molar-refractivity contribution in [2.24, 2.45) is 0 Å². The van der Waals surface area contributed by atoms with Crippen molar-refractivity contribution < 1.29 is 9.15 Å². The second kappa shape index (κ2) is 9.13. The minimum Gasteiger partial charge on any atom is -0.468 e. The quantitative estimate of drug-likeness (QED) is 0.708. The summed E-state index contributed by atoms with van der Waals surface area (Å²) < 4.78 is 10.8. The Kier molecular flexibility index (Phi) is 7.79. The van der Waals surface area contributed by atoms with Crippen LogP contribution >= 0.6 is 0 Å². The fourth-order valence-electron chi connectivity index (χ4n) is 1.99. The highest BCUT2D eigenvalue weighted by molar-refractivity contribution is 5.12. The van der Waals surface area contributed by atoms with Gasteiger partial charge in [0.2, 0.25) is 0 Å². The zero-order valence-electron chi connectivity index (χ0n) is 12.7. The first-order chi connectivity index (χ1) is 9.21. The van der Waals surface area contributed by atoms with Crippen molar-refractivity contribution in [2.75, 3.05) is 26.8 Å².